The average molecular weight is 248 g/mol. The minimum Gasteiger partial charge on any atom is -0.492 e. The molecule has 0 fully saturated rings. The van der Waals surface area contributed by atoms with Crippen molar-refractivity contribution in [2.45, 2.75) is 13.0 Å². The van der Waals surface area contributed by atoms with Gasteiger partial charge < -0.3 is 15.4 Å². The molecular formula is C14H20N2O2. The van der Waals surface area contributed by atoms with Crippen LogP contribution in [-0.2, 0) is 4.79 Å². The highest BCUT2D eigenvalue weighted by Crippen LogP contribution is 2.07. The standard InChI is InChI=1S/C14H20N2O2/c1-3-9-16-14(17)12(2)15-10-11-18-13-7-5-4-6-8-13/h3-8,12,15H,1,9-11H2,2H3,(H,16,17). The maximum absolute atomic E-state index is 11.5. The number of nitrogens with one attached hydrogen (secondary N) is 2. The third-order valence-corrected chi connectivity index (χ3v) is 2.38. The molecule has 0 aliphatic carbocycles. The smallest absolute Gasteiger partial charge is 0.237 e. The van der Waals surface area contributed by atoms with E-state index in [4.69, 9.17) is 4.74 Å². The topological polar surface area (TPSA) is 50.4 Å². The summed E-state index contributed by atoms with van der Waals surface area (Å²) < 4.78 is 5.51. The van der Waals surface area contributed by atoms with Crippen LogP contribution in [-0.4, -0.2) is 31.6 Å². The normalized spacial score (nSPS) is 11.6. The maximum atomic E-state index is 11.5. The monoisotopic (exact) mass is 248 g/mol. The van der Waals surface area contributed by atoms with Gasteiger partial charge in [-0.15, -0.1) is 6.58 Å². The average Bonchev–Trinajstić information content (AvgIpc) is 2.41. The first-order valence-corrected chi connectivity index (χ1v) is 6.04. The molecular weight excluding hydrogens is 228 g/mol. The second-order valence-corrected chi connectivity index (χ2v) is 3.87. The van der Waals surface area contributed by atoms with E-state index in [1.807, 2.05) is 37.3 Å². The Morgan fingerprint density at radius 2 is 2.17 bits per heavy atom. The quantitative estimate of drug-likeness (QED) is 0.539. The molecule has 1 amide bonds. The van der Waals surface area contributed by atoms with Crippen molar-refractivity contribution >= 4 is 5.91 Å². The molecule has 1 aromatic rings. The Kier molecular flexibility index (Phi) is 6.58. The minimum absolute atomic E-state index is 0.0328. The summed E-state index contributed by atoms with van der Waals surface area (Å²) in [6.45, 7) is 7.01. The van der Waals surface area contributed by atoms with Crippen LogP contribution in [0.1, 0.15) is 6.92 Å². The second-order valence-electron chi connectivity index (χ2n) is 3.87. The molecule has 98 valence electrons. The zero-order valence-electron chi connectivity index (χ0n) is 10.7. The molecule has 18 heavy (non-hydrogen) atoms. The first-order chi connectivity index (χ1) is 8.74. The van der Waals surface area contributed by atoms with Crippen molar-refractivity contribution in [2.24, 2.45) is 0 Å². The molecule has 0 saturated carbocycles. The van der Waals surface area contributed by atoms with Crippen LogP contribution < -0.4 is 15.4 Å². The van der Waals surface area contributed by atoms with Crippen LogP contribution in [0.3, 0.4) is 0 Å². The highest BCUT2D eigenvalue weighted by Gasteiger charge is 2.09. The van der Waals surface area contributed by atoms with Crippen LogP contribution in [0.5, 0.6) is 5.75 Å². The van der Waals surface area contributed by atoms with Crippen molar-refractivity contribution in [3.8, 4) is 5.75 Å². The van der Waals surface area contributed by atoms with E-state index >= 15 is 0 Å². The molecule has 1 atom stereocenters. The third-order valence-electron chi connectivity index (χ3n) is 2.38. The summed E-state index contributed by atoms with van der Waals surface area (Å²) in [5.74, 6) is 0.803. The van der Waals surface area contributed by atoms with Gasteiger partial charge >= 0.3 is 0 Å². The summed E-state index contributed by atoms with van der Waals surface area (Å²) in [6, 6.07) is 9.36. The van der Waals surface area contributed by atoms with Gasteiger partial charge in [-0.2, -0.15) is 0 Å². The van der Waals surface area contributed by atoms with Crippen LogP contribution >= 0.6 is 0 Å². The molecule has 4 heteroatoms. The highest BCUT2D eigenvalue weighted by atomic mass is 16.5. The van der Waals surface area contributed by atoms with E-state index in [9.17, 15) is 4.79 Å². The van der Waals surface area contributed by atoms with Gasteiger partial charge in [-0.25, -0.2) is 0 Å². The Morgan fingerprint density at radius 3 is 2.83 bits per heavy atom. The van der Waals surface area contributed by atoms with E-state index in [-0.39, 0.29) is 11.9 Å². The van der Waals surface area contributed by atoms with E-state index in [1.54, 1.807) is 6.08 Å². The zero-order chi connectivity index (χ0) is 13.2. The van der Waals surface area contributed by atoms with Crippen molar-refractivity contribution in [3.05, 3.63) is 43.0 Å². The number of rotatable bonds is 8. The lowest BCUT2D eigenvalue weighted by atomic mass is 10.3. The summed E-state index contributed by atoms with van der Waals surface area (Å²) in [6.07, 6.45) is 1.66. The molecule has 0 aliphatic rings. The lowest BCUT2D eigenvalue weighted by molar-refractivity contribution is -0.122. The molecule has 1 aromatic carbocycles. The van der Waals surface area contributed by atoms with E-state index in [1.165, 1.54) is 0 Å². The van der Waals surface area contributed by atoms with E-state index in [0.717, 1.165) is 5.75 Å². The number of amides is 1. The first kappa shape index (κ1) is 14.3. The van der Waals surface area contributed by atoms with Crippen LogP contribution in [0.15, 0.2) is 43.0 Å². The Hall–Kier alpha value is -1.81. The number of hydrogen-bond acceptors (Lipinski definition) is 3. The molecule has 4 nitrogen and oxygen atoms in total. The molecule has 0 aliphatic heterocycles. The van der Waals surface area contributed by atoms with Gasteiger partial charge in [0.15, 0.2) is 0 Å². The van der Waals surface area contributed by atoms with Crippen molar-refractivity contribution in [2.75, 3.05) is 19.7 Å². The number of hydrogen-bond donors (Lipinski definition) is 2. The summed E-state index contributed by atoms with van der Waals surface area (Å²) in [5, 5.41) is 5.82. The fraction of sp³-hybridized carbons (Fsp3) is 0.357. The van der Waals surface area contributed by atoms with Gasteiger partial charge in [-0.1, -0.05) is 24.3 Å². The number of carbonyl (C=O) groups is 1. The van der Waals surface area contributed by atoms with Crippen molar-refractivity contribution in [1.82, 2.24) is 10.6 Å². The van der Waals surface area contributed by atoms with Gasteiger partial charge in [-0.05, 0) is 19.1 Å². The molecule has 1 unspecified atom stereocenters. The highest BCUT2D eigenvalue weighted by molar-refractivity contribution is 5.81. The molecule has 0 saturated heterocycles. The van der Waals surface area contributed by atoms with E-state index in [2.05, 4.69) is 17.2 Å². The Balaban J connectivity index is 2.14. The third kappa shape index (κ3) is 5.50. The van der Waals surface area contributed by atoms with Crippen molar-refractivity contribution in [1.29, 1.82) is 0 Å². The number of carbonyl (C=O) groups excluding carboxylic acids is 1. The lowest BCUT2D eigenvalue weighted by Gasteiger charge is -2.13. The van der Waals surface area contributed by atoms with Gasteiger partial charge in [0.2, 0.25) is 5.91 Å². The summed E-state index contributed by atoms with van der Waals surface area (Å²) in [7, 11) is 0. The molecule has 0 heterocycles. The predicted molar refractivity (Wildman–Crippen MR) is 72.6 cm³/mol. The van der Waals surface area contributed by atoms with Gasteiger partial charge in [0.25, 0.3) is 0 Å². The summed E-state index contributed by atoms with van der Waals surface area (Å²) in [4.78, 5) is 11.5. The van der Waals surface area contributed by atoms with Gasteiger partial charge in [0.05, 0.1) is 6.04 Å². The molecule has 0 radical (unpaired) electrons. The predicted octanol–water partition coefficient (Wildman–Crippen LogP) is 1.35. The molecule has 0 spiro atoms. The van der Waals surface area contributed by atoms with Crippen LogP contribution in [0.4, 0.5) is 0 Å². The first-order valence-electron chi connectivity index (χ1n) is 6.04. The summed E-state index contributed by atoms with van der Waals surface area (Å²) >= 11 is 0. The van der Waals surface area contributed by atoms with Crippen LogP contribution in [0.25, 0.3) is 0 Å². The van der Waals surface area contributed by atoms with Crippen molar-refractivity contribution < 1.29 is 9.53 Å². The van der Waals surface area contributed by atoms with Crippen LogP contribution in [0, 0.1) is 0 Å². The number of ether oxygens (including phenoxy) is 1. The van der Waals surface area contributed by atoms with Gasteiger partial charge in [-0.3, -0.25) is 4.79 Å². The fourth-order valence-corrected chi connectivity index (χ4v) is 1.38. The lowest BCUT2D eigenvalue weighted by Crippen LogP contribution is -2.43. The maximum Gasteiger partial charge on any atom is 0.237 e. The number of para-hydroxylation sites is 1. The SMILES string of the molecule is C=CCNC(=O)C(C)NCCOc1ccccc1. The molecule has 1 rings (SSSR count). The summed E-state index contributed by atoms with van der Waals surface area (Å²) in [5.41, 5.74) is 0. The van der Waals surface area contributed by atoms with Crippen LogP contribution in [0.2, 0.25) is 0 Å². The largest absolute Gasteiger partial charge is 0.492 e. The Morgan fingerprint density at radius 1 is 1.44 bits per heavy atom. The van der Waals surface area contributed by atoms with E-state index < -0.39 is 0 Å². The zero-order valence-corrected chi connectivity index (χ0v) is 10.7. The second kappa shape index (κ2) is 8.31. The Bertz CT molecular complexity index is 365. The van der Waals surface area contributed by atoms with Gasteiger partial charge in [0, 0.05) is 13.1 Å². The fourth-order valence-electron chi connectivity index (χ4n) is 1.38. The minimum atomic E-state index is -0.232. The Labute approximate surface area is 108 Å². The van der Waals surface area contributed by atoms with E-state index in [0.29, 0.717) is 19.7 Å². The van der Waals surface area contributed by atoms with Crippen molar-refractivity contribution in [3.63, 3.8) is 0 Å². The van der Waals surface area contributed by atoms with Gasteiger partial charge in [0.1, 0.15) is 12.4 Å². The molecule has 0 aromatic heterocycles. The molecule has 0 bridgehead atoms. The molecule has 2 N–H and O–H groups in total. The number of benzene rings is 1.